The van der Waals surface area contributed by atoms with E-state index in [0.29, 0.717) is 16.8 Å². The van der Waals surface area contributed by atoms with Crippen LogP contribution in [0, 0.1) is 17.0 Å². The quantitative estimate of drug-likeness (QED) is 0.398. The normalized spacial score (nSPS) is 11.1. The van der Waals surface area contributed by atoms with Gasteiger partial charge < -0.3 is 4.90 Å². The van der Waals surface area contributed by atoms with Crippen molar-refractivity contribution >= 4 is 27.3 Å². The van der Waals surface area contributed by atoms with Crippen LogP contribution in [0.25, 0.3) is 0 Å². The first-order valence-corrected chi connectivity index (χ1v) is 11.2. The van der Waals surface area contributed by atoms with E-state index in [1.54, 1.807) is 67.7 Å². The molecule has 0 spiro atoms. The molecule has 3 rings (SSSR count). The Labute approximate surface area is 186 Å². The highest BCUT2D eigenvalue weighted by molar-refractivity contribution is 7.92. The molecule has 0 saturated carbocycles. The summed E-state index contributed by atoms with van der Waals surface area (Å²) in [5.41, 5.74) is 2.36. The van der Waals surface area contributed by atoms with Gasteiger partial charge in [0.2, 0.25) is 0 Å². The van der Waals surface area contributed by atoms with Crippen LogP contribution in [0.1, 0.15) is 21.5 Å². The average molecular weight is 454 g/mol. The zero-order chi connectivity index (χ0) is 23.5. The predicted octanol–water partition coefficient (Wildman–Crippen LogP) is 4.00. The maximum Gasteiger partial charge on any atom is 0.269 e. The summed E-state index contributed by atoms with van der Waals surface area (Å²) < 4.78 is 26.9. The van der Waals surface area contributed by atoms with Crippen LogP contribution in [0.3, 0.4) is 0 Å². The highest BCUT2D eigenvalue weighted by atomic mass is 32.2. The van der Waals surface area contributed by atoms with Gasteiger partial charge >= 0.3 is 0 Å². The van der Waals surface area contributed by atoms with Gasteiger partial charge in [0, 0.05) is 38.3 Å². The average Bonchev–Trinajstić information content (AvgIpc) is 2.78. The van der Waals surface area contributed by atoms with Crippen LogP contribution >= 0.6 is 0 Å². The van der Waals surface area contributed by atoms with Crippen molar-refractivity contribution in [1.29, 1.82) is 0 Å². The van der Waals surface area contributed by atoms with Gasteiger partial charge in [-0.2, -0.15) is 0 Å². The molecule has 9 heteroatoms. The molecule has 0 unspecified atom stereocenters. The fraction of sp³-hybridized carbons (Fsp3) is 0.174. The van der Waals surface area contributed by atoms with E-state index < -0.39 is 14.9 Å². The van der Waals surface area contributed by atoms with Crippen LogP contribution in [-0.2, 0) is 16.6 Å². The van der Waals surface area contributed by atoms with Gasteiger partial charge in [-0.15, -0.1) is 0 Å². The fourth-order valence-electron chi connectivity index (χ4n) is 3.16. The number of carbonyl (C=O) groups excluding carboxylic acids is 1. The second kappa shape index (κ2) is 9.19. The van der Waals surface area contributed by atoms with Gasteiger partial charge in [0.25, 0.3) is 21.6 Å². The van der Waals surface area contributed by atoms with Crippen molar-refractivity contribution in [3.05, 3.63) is 99.6 Å². The van der Waals surface area contributed by atoms with Gasteiger partial charge in [0.15, 0.2) is 0 Å². The number of nitrogens with zero attached hydrogens (tertiary/aromatic N) is 3. The molecule has 0 atom stereocenters. The summed E-state index contributed by atoms with van der Waals surface area (Å²) >= 11 is 0. The van der Waals surface area contributed by atoms with E-state index in [2.05, 4.69) is 0 Å². The van der Waals surface area contributed by atoms with Crippen molar-refractivity contribution < 1.29 is 18.1 Å². The second-order valence-corrected chi connectivity index (χ2v) is 9.39. The number of nitro benzene ring substituents is 1. The molecule has 0 bridgehead atoms. The number of non-ortho nitro benzene ring substituents is 1. The Kier molecular flexibility index (Phi) is 6.59. The number of sulfonamides is 1. The molecular weight excluding hydrogens is 430 g/mol. The lowest BCUT2D eigenvalue weighted by atomic mass is 10.1. The largest absolute Gasteiger partial charge is 0.337 e. The third-order valence-corrected chi connectivity index (χ3v) is 6.84. The topological polar surface area (TPSA) is 101 Å². The Morgan fingerprint density at radius 1 is 0.969 bits per heavy atom. The number of hydrogen-bond acceptors (Lipinski definition) is 5. The van der Waals surface area contributed by atoms with E-state index in [0.717, 1.165) is 5.56 Å². The fourth-order valence-corrected chi connectivity index (χ4v) is 4.35. The van der Waals surface area contributed by atoms with Crippen LogP contribution in [-0.4, -0.2) is 38.2 Å². The molecule has 166 valence electrons. The Morgan fingerprint density at radius 3 is 2.19 bits per heavy atom. The lowest BCUT2D eigenvalue weighted by Gasteiger charge is -2.21. The van der Waals surface area contributed by atoms with Crippen molar-refractivity contribution in [3.63, 3.8) is 0 Å². The van der Waals surface area contributed by atoms with Crippen LogP contribution in [0.2, 0.25) is 0 Å². The molecule has 0 aliphatic carbocycles. The molecule has 0 radical (unpaired) electrons. The molecule has 0 aromatic heterocycles. The first-order chi connectivity index (χ1) is 15.1. The zero-order valence-electron chi connectivity index (χ0n) is 17.9. The van der Waals surface area contributed by atoms with Gasteiger partial charge in [0.1, 0.15) is 0 Å². The third kappa shape index (κ3) is 4.94. The molecule has 0 saturated heterocycles. The molecule has 0 aliphatic rings. The first-order valence-electron chi connectivity index (χ1n) is 9.74. The number of amides is 1. The summed E-state index contributed by atoms with van der Waals surface area (Å²) in [5, 5.41) is 10.9. The Balaban J connectivity index is 1.74. The Morgan fingerprint density at radius 2 is 1.59 bits per heavy atom. The highest BCUT2D eigenvalue weighted by Gasteiger charge is 2.22. The Bertz CT molecular complexity index is 1240. The van der Waals surface area contributed by atoms with Gasteiger partial charge in [-0.25, -0.2) is 8.42 Å². The lowest BCUT2D eigenvalue weighted by molar-refractivity contribution is -0.384. The molecule has 0 N–H and O–H groups in total. The third-order valence-electron chi connectivity index (χ3n) is 5.05. The molecule has 32 heavy (non-hydrogen) atoms. The minimum atomic E-state index is -3.73. The highest BCUT2D eigenvalue weighted by Crippen LogP contribution is 2.23. The minimum absolute atomic E-state index is 0.0366. The van der Waals surface area contributed by atoms with E-state index in [1.807, 2.05) is 6.92 Å². The molecule has 0 heterocycles. The second-order valence-electron chi connectivity index (χ2n) is 7.42. The van der Waals surface area contributed by atoms with E-state index >= 15 is 0 Å². The standard InChI is InChI=1S/C23H23N3O5S/c1-17-7-13-22(14-8-17)32(30,31)25(3)20-11-9-19(10-12-20)23(27)24(2)16-18-5-4-6-21(15-18)26(28)29/h4-15H,16H2,1-3H3. The van der Waals surface area contributed by atoms with E-state index in [4.69, 9.17) is 0 Å². The van der Waals surface area contributed by atoms with Crippen molar-refractivity contribution in [2.75, 3.05) is 18.4 Å². The molecule has 3 aromatic carbocycles. The van der Waals surface area contributed by atoms with Crippen molar-refractivity contribution in [2.45, 2.75) is 18.4 Å². The van der Waals surface area contributed by atoms with Gasteiger partial charge in [-0.05, 0) is 48.9 Å². The molecule has 0 aliphatic heterocycles. The molecule has 1 amide bonds. The summed E-state index contributed by atoms with van der Waals surface area (Å²) in [4.78, 5) is 24.8. The van der Waals surface area contributed by atoms with Crippen LogP contribution in [0.5, 0.6) is 0 Å². The number of rotatable bonds is 7. The van der Waals surface area contributed by atoms with Crippen LogP contribution in [0.4, 0.5) is 11.4 Å². The molecule has 3 aromatic rings. The van der Waals surface area contributed by atoms with E-state index in [1.165, 1.54) is 28.4 Å². The summed E-state index contributed by atoms with van der Waals surface area (Å²) in [6, 6.07) is 19.0. The van der Waals surface area contributed by atoms with Crippen molar-refractivity contribution in [1.82, 2.24) is 4.90 Å². The Hall–Kier alpha value is -3.72. The minimum Gasteiger partial charge on any atom is -0.337 e. The van der Waals surface area contributed by atoms with E-state index in [-0.39, 0.29) is 23.0 Å². The SMILES string of the molecule is Cc1ccc(S(=O)(=O)N(C)c2ccc(C(=O)N(C)Cc3cccc([N+](=O)[O-])c3)cc2)cc1. The summed E-state index contributed by atoms with van der Waals surface area (Å²) in [5.74, 6) is -0.285. The number of aryl methyl sites for hydroxylation is 1. The molecule has 8 nitrogen and oxygen atoms in total. The maximum absolute atomic E-state index is 12.9. The summed E-state index contributed by atoms with van der Waals surface area (Å²) in [6.45, 7) is 2.08. The smallest absolute Gasteiger partial charge is 0.269 e. The number of hydrogen-bond donors (Lipinski definition) is 0. The lowest BCUT2D eigenvalue weighted by Crippen LogP contribution is -2.27. The van der Waals surface area contributed by atoms with Gasteiger partial charge in [0.05, 0.1) is 15.5 Å². The van der Waals surface area contributed by atoms with Crippen molar-refractivity contribution in [3.8, 4) is 0 Å². The maximum atomic E-state index is 12.9. The van der Waals surface area contributed by atoms with Gasteiger partial charge in [-0.1, -0.05) is 29.8 Å². The van der Waals surface area contributed by atoms with Crippen LogP contribution in [0.15, 0.2) is 77.7 Å². The summed E-state index contributed by atoms with van der Waals surface area (Å²) in [7, 11) is -0.668. The number of carbonyl (C=O) groups is 1. The first kappa shape index (κ1) is 23.0. The van der Waals surface area contributed by atoms with Crippen LogP contribution < -0.4 is 4.31 Å². The monoisotopic (exact) mass is 453 g/mol. The predicted molar refractivity (Wildman–Crippen MR) is 122 cm³/mol. The number of nitro groups is 1. The number of anilines is 1. The zero-order valence-corrected chi connectivity index (χ0v) is 18.7. The molecule has 0 fully saturated rings. The molecular formula is C23H23N3O5S. The summed E-state index contributed by atoms with van der Waals surface area (Å²) in [6.07, 6.45) is 0. The number of benzene rings is 3. The van der Waals surface area contributed by atoms with Gasteiger partial charge in [-0.3, -0.25) is 19.2 Å². The van der Waals surface area contributed by atoms with Crippen molar-refractivity contribution in [2.24, 2.45) is 0 Å². The van der Waals surface area contributed by atoms with E-state index in [9.17, 15) is 23.3 Å².